The van der Waals surface area contributed by atoms with Gasteiger partial charge in [-0.2, -0.15) is 0 Å². The zero-order chi connectivity index (χ0) is 18.2. The van der Waals surface area contributed by atoms with Gasteiger partial charge in [-0.3, -0.25) is 13.6 Å². The minimum atomic E-state index is -5.34. The van der Waals surface area contributed by atoms with Gasteiger partial charge in [0, 0.05) is 6.42 Å². The summed E-state index contributed by atoms with van der Waals surface area (Å²) in [5.41, 5.74) is 0. The average molecular weight is 406 g/mol. The van der Waals surface area contributed by atoms with Crippen molar-refractivity contribution in [1.29, 1.82) is 0 Å². The molecule has 0 aromatic rings. The van der Waals surface area contributed by atoms with Gasteiger partial charge in [0.05, 0.1) is 0 Å². The second-order valence-corrected chi connectivity index (χ2v) is 8.08. The molecule has 138 valence electrons. The van der Waals surface area contributed by atoms with Crippen LogP contribution in [0.25, 0.3) is 0 Å². The first kappa shape index (κ1) is 21.3. The van der Waals surface area contributed by atoms with Gasteiger partial charge in [-0.1, -0.05) is 0 Å². The van der Waals surface area contributed by atoms with Gasteiger partial charge in [0.25, 0.3) is 0 Å². The number of hydrogen-bond donors (Lipinski definition) is 7. The fourth-order valence-corrected chi connectivity index (χ4v) is 3.64. The molecule has 23 heavy (non-hydrogen) atoms. The summed E-state index contributed by atoms with van der Waals surface area (Å²) in [5.74, 6) is 0. The van der Waals surface area contributed by atoms with Crippen LogP contribution in [0, 0.1) is 0 Å². The highest BCUT2D eigenvalue weighted by atomic mass is 31.2. The molecule has 17 heteroatoms. The lowest BCUT2D eigenvalue weighted by Crippen LogP contribution is -2.55. The van der Waals surface area contributed by atoms with Crippen molar-refractivity contribution in [1.82, 2.24) is 0 Å². The normalized spacial score (nSPS) is 33.7. The molecule has 0 aromatic heterocycles. The van der Waals surface area contributed by atoms with Gasteiger partial charge in [-0.25, -0.2) is 18.1 Å². The third kappa shape index (κ3) is 7.32. The number of hydrogen-bond acceptors (Lipinski definition) is 7. The van der Waals surface area contributed by atoms with Crippen molar-refractivity contribution in [2.45, 2.75) is 37.0 Å². The van der Waals surface area contributed by atoms with E-state index in [-0.39, 0.29) is 0 Å². The van der Waals surface area contributed by atoms with E-state index in [1.165, 1.54) is 0 Å². The molecule has 1 aliphatic rings. The van der Waals surface area contributed by atoms with Gasteiger partial charge in [0.15, 0.2) is 6.17 Å². The molecule has 0 aromatic carbocycles. The largest absolute Gasteiger partial charge is 0.470 e. The van der Waals surface area contributed by atoms with Gasteiger partial charge in [-0.15, -0.1) is 0 Å². The molecular weight excluding hydrogens is 392 g/mol. The van der Waals surface area contributed by atoms with E-state index in [1.807, 2.05) is 0 Å². The van der Waals surface area contributed by atoms with Crippen molar-refractivity contribution in [3.63, 3.8) is 0 Å². The number of phosphoric acid groups is 3. The molecule has 0 radical (unpaired) electrons. The van der Waals surface area contributed by atoms with E-state index in [2.05, 4.69) is 13.6 Å². The Morgan fingerprint density at radius 1 is 0.783 bits per heavy atom. The van der Waals surface area contributed by atoms with Gasteiger partial charge < -0.3 is 34.5 Å². The Morgan fingerprint density at radius 3 is 1.57 bits per heavy atom. The summed E-state index contributed by atoms with van der Waals surface area (Å²) in [6.45, 7) is 0. The Balaban J connectivity index is 3.08. The second-order valence-electron chi connectivity index (χ2n) is 4.50. The number of phosphoric ester groups is 3. The summed E-state index contributed by atoms with van der Waals surface area (Å²) in [7, 11) is -15.8. The van der Waals surface area contributed by atoms with Crippen molar-refractivity contribution in [2.24, 2.45) is 0 Å². The van der Waals surface area contributed by atoms with Crippen LogP contribution in [0.1, 0.15) is 6.42 Å². The van der Waals surface area contributed by atoms with Crippen LogP contribution in [-0.2, 0) is 27.3 Å². The Morgan fingerprint density at radius 2 is 1.17 bits per heavy atom. The smallest absolute Gasteiger partial charge is 0.387 e. The molecule has 1 saturated carbocycles. The zero-order valence-electron chi connectivity index (χ0n) is 10.9. The number of aliphatic hydroxyl groups is 1. The first-order valence-corrected chi connectivity index (χ1v) is 10.2. The average Bonchev–Trinajstić information content (AvgIpc) is 2.26. The predicted molar refractivity (Wildman–Crippen MR) is 66.3 cm³/mol. The number of halogens is 1. The molecule has 1 fully saturated rings. The van der Waals surface area contributed by atoms with E-state index < -0.39 is 60.5 Å². The Kier molecular flexibility index (Phi) is 6.68. The van der Waals surface area contributed by atoms with Crippen molar-refractivity contribution >= 4 is 23.5 Å². The predicted octanol–water partition coefficient (Wildman–Crippen LogP) is -1.48. The Labute approximate surface area is 127 Å². The van der Waals surface area contributed by atoms with Gasteiger partial charge in [0.1, 0.15) is 24.4 Å². The van der Waals surface area contributed by atoms with E-state index in [4.69, 9.17) is 29.4 Å². The van der Waals surface area contributed by atoms with Crippen LogP contribution in [0.15, 0.2) is 0 Å². The van der Waals surface area contributed by atoms with Crippen LogP contribution in [0.4, 0.5) is 4.39 Å². The molecule has 0 unspecified atom stereocenters. The highest BCUT2D eigenvalue weighted by molar-refractivity contribution is 7.46. The minimum absolute atomic E-state index is 0.928. The molecule has 0 amide bonds. The minimum Gasteiger partial charge on any atom is -0.387 e. The Bertz CT molecular complexity index is 550. The van der Waals surface area contributed by atoms with E-state index in [0.717, 1.165) is 0 Å². The molecule has 13 nitrogen and oxygen atoms in total. The van der Waals surface area contributed by atoms with E-state index in [9.17, 15) is 23.2 Å². The van der Waals surface area contributed by atoms with Gasteiger partial charge in [0.2, 0.25) is 0 Å². The highest BCUT2D eigenvalue weighted by Crippen LogP contribution is 2.49. The topological polar surface area (TPSA) is 221 Å². The van der Waals surface area contributed by atoms with Crippen LogP contribution >= 0.6 is 23.5 Å². The van der Waals surface area contributed by atoms with Crippen LogP contribution in [-0.4, -0.2) is 65.1 Å². The third-order valence-corrected chi connectivity index (χ3v) is 4.27. The monoisotopic (exact) mass is 406 g/mol. The SMILES string of the molecule is O=P(O)(O)O[C@@H]1[C@@H](F)[C@@H](O)[C@@H](OP(=O)(O)O)C[C@H]1OP(=O)(O)O. The maximum absolute atomic E-state index is 14.0. The van der Waals surface area contributed by atoms with Crippen molar-refractivity contribution in [2.75, 3.05) is 0 Å². The molecule has 0 heterocycles. The first-order chi connectivity index (χ1) is 10.1. The summed E-state index contributed by atoms with van der Waals surface area (Å²) >= 11 is 0. The fourth-order valence-electron chi connectivity index (χ4n) is 1.95. The maximum Gasteiger partial charge on any atom is 0.470 e. The van der Waals surface area contributed by atoms with Crippen molar-refractivity contribution < 1.29 is 66.1 Å². The molecule has 1 rings (SSSR count). The summed E-state index contributed by atoms with van der Waals surface area (Å²) in [5, 5.41) is 9.56. The van der Waals surface area contributed by atoms with E-state index in [0.29, 0.717) is 0 Å². The molecule has 0 saturated heterocycles. The lowest BCUT2D eigenvalue weighted by atomic mass is 9.88. The quantitative estimate of drug-likeness (QED) is 0.251. The second kappa shape index (κ2) is 7.22. The van der Waals surface area contributed by atoms with Gasteiger partial charge in [-0.05, 0) is 0 Å². The maximum atomic E-state index is 14.0. The van der Waals surface area contributed by atoms with Crippen molar-refractivity contribution in [3.8, 4) is 0 Å². The first-order valence-electron chi connectivity index (χ1n) is 5.63. The van der Waals surface area contributed by atoms with Crippen LogP contribution in [0.2, 0.25) is 0 Å². The van der Waals surface area contributed by atoms with E-state index in [1.54, 1.807) is 0 Å². The van der Waals surface area contributed by atoms with Crippen LogP contribution in [0.3, 0.4) is 0 Å². The molecule has 1 aliphatic carbocycles. The molecule has 0 aliphatic heterocycles. The van der Waals surface area contributed by atoms with Gasteiger partial charge >= 0.3 is 23.5 Å². The standard InChI is InChI=1S/C6H14FO13P3/c7-4-5(8)2(18-21(9,10)11)1-3(19-22(12,13)14)6(4)20-23(15,16)17/h2-6,8H,1H2,(H2,9,10,11)(H2,12,13,14)(H2,15,16,17)/t2-,3+,4-,5-,6-/m0/s1. The fraction of sp³-hybridized carbons (Fsp3) is 1.00. The van der Waals surface area contributed by atoms with E-state index >= 15 is 0 Å². The summed E-state index contributed by atoms with van der Waals surface area (Å²) in [4.78, 5) is 52.1. The van der Waals surface area contributed by atoms with Crippen LogP contribution < -0.4 is 0 Å². The molecule has 5 atom stereocenters. The van der Waals surface area contributed by atoms with Crippen molar-refractivity contribution in [3.05, 3.63) is 0 Å². The number of alkyl halides is 1. The summed E-state index contributed by atoms with van der Waals surface area (Å²) < 4.78 is 58.6. The highest BCUT2D eigenvalue weighted by Gasteiger charge is 2.52. The van der Waals surface area contributed by atoms with Crippen LogP contribution in [0.5, 0.6) is 0 Å². The lowest BCUT2D eigenvalue weighted by Gasteiger charge is -2.40. The lowest BCUT2D eigenvalue weighted by molar-refractivity contribution is -0.142. The summed E-state index contributed by atoms with van der Waals surface area (Å²) in [6.07, 6.45) is -12.3. The number of rotatable bonds is 6. The molecule has 7 N–H and O–H groups in total. The molecular formula is C6H14FO13P3. The summed E-state index contributed by atoms with van der Waals surface area (Å²) in [6, 6.07) is 0. The third-order valence-electron chi connectivity index (χ3n) is 2.66. The molecule has 0 bridgehead atoms. The zero-order valence-corrected chi connectivity index (χ0v) is 13.6. The number of aliphatic hydroxyl groups excluding tert-OH is 1. The Hall–Kier alpha value is 0.220. The molecule has 0 spiro atoms.